The Hall–Kier alpha value is -8.67. The maximum atomic E-state index is 6.93. The molecule has 1 aromatic heterocycles. The molecule has 304 valence electrons. The molecular weight excluding hydrogens is 795 g/mol. The number of aromatic nitrogens is 3. The molecule has 5 heteroatoms. The number of fused-ring (bicyclic) bond motifs is 9. The third-order valence-corrected chi connectivity index (χ3v) is 13.0. The Balaban J connectivity index is 0.879. The molecule has 0 atom stereocenters. The van der Waals surface area contributed by atoms with E-state index in [0.29, 0.717) is 34.7 Å². The van der Waals surface area contributed by atoms with E-state index in [0.717, 1.165) is 50.1 Å². The second kappa shape index (κ2) is 14.7. The van der Waals surface area contributed by atoms with Crippen molar-refractivity contribution in [3.05, 3.63) is 247 Å². The zero-order chi connectivity index (χ0) is 42.9. The fraction of sp³-hybridized carbons (Fsp3) is 0.0167. The molecule has 0 unspecified atom stereocenters. The maximum absolute atomic E-state index is 6.93. The normalized spacial score (nSPS) is 13.0. The summed E-state index contributed by atoms with van der Waals surface area (Å²) in [4.78, 5) is 15.2. The van der Waals surface area contributed by atoms with Crippen LogP contribution in [0.5, 0.6) is 23.0 Å². The van der Waals surface area contributed by atoms with E-state index in [1.54, 1.807) is 0 Å². The molecule has 0 amide bonds. The third-order valence-electron chi connectivity index (χ3n) is 13.0. The lowest BCUT2D eigenvalue weighted by atomic mass is 9.68. The molecule has 0 N–H and O–H groups in total. The van der Waals surface area contributed by atoms with Crippen LogP contribution in [-0.4, -0.2) is 15.0 Å². The van der Waals surface area contributed by atoms with E-state index in [9.17, 15) is 0 Å². The molecule has 0 bridgehead atoms. The van der Waals surface area contributed by atoms with Crippen LogP contribution in [0.1, 0.15) is 22.3 Å². The summed E-state index contributed by atoms with van der Waals surface area (Å²) in [7, 11) is 0. The van der Waals surface area contributed by atoms with Gasteiger partial charge in [-0.1, -0.05) is 194 Å². The predicted molar refractivity (Wildman–Crippen MR) is 260 cm³/mol. The Morgan fingerprint density at radius 3 is 1.68 bits per heavy atom. The molecule has 0 fully saturated rings. The van der Waals surface area contributed by atoms with E-state index in [1.807, 2.05) is 36.4 Å². The van der Waals surface area contributed by atoms with Crippen molar-refractivity contribution >= 4 is 21.5 Å². The highest BCUT2D eigenvalue weighted by Crippen LogP contribution is 2.62. The number of hydrogen-bond acceptors (Lipinski definition) is 5. The summed E-state index contributed by atoms with van der Waals surface area (Å²) in [6.45, 7) is 0. The van der Waals surface area contributed by atoms with Gasteiger partial charge in [0.1, 0.15) is 0 Å². The van der Waals surface area contributed by atoms with Gasteiger partial charge in [-0.2, -0.15) is 0 Å². The summed E-state index contributed by atoms with van der Waals surface area (Å²) in [6, 6.07) is 78.5. The molecule has 10 aromatic carbocycles. The molecule has 13 rings (SSSR count). The Morgan fingerprint density at radius 2 is 0.892 bits per heavy atom. The van der Waals surface area contributed by atoms with Crippen LogP contribution in [0.2, 0.25) is 0 Å². The average Bonchev–Trinajstić information content (AvgIpc) is 3.70. The van der Waals surface area contributed by atoms with E-state index in [-0.39, 0.29) is 0 Å². The Morgan fingerprint density at radius 1 is 0.323 bits per heavy atom. The van der Waals surface area contributed by atoms with Gasteiger partial charge in [-0.25, -0.2) is 15.0 Å². The van der Waals surface area contributed by atoms with Crippen molar-refractivity contribution in [3.63, 3.8) is 0 Å². The van der Waals surface area contributed by atoms with Crippen LogP contribution in [0.4, 0.5) is 0 Å². The van der Waals surface area contributed by atoms with Crippen molar-refractivity contribution in [2.75, 3.05) is 0 Å². The SMILES string of the molecule is c1ccc(-c2nc(-c3cccc(-c4ccc5c(c4)Oc4ccc6c(c4O5)-c4ccccc4C6(c4ccccc4)c4ccccc4)c3)nc(-c3ccc4c(ccc5ccccc54)c3)n2)cc1. The summed E-state index contributed by atoms with van der Waals surface area (Å²) in [5.74, 6) is 4.56. The molecule has 65 heavy (non-hydrogen) atoms. The van der Waals surface area contributed by atoms with Gasteiger partial charge in [-0.3, -0.25) is 0 Å². The second-order valence-electron chi connectivity index (χ2n) is 16.7. The van der Waals surface area contributed by atoms with E-state index < -0.39 is 5.41 Å². The molecule has 2 aliphatic rings. The summed E-state index contributed by atoms with van der Waals surface area (Å²) in [5.41, 5.74) is 11.2. The summed E-state index contributed by atoms with van der Waals surface area (Å²) >= 11 is 0. The molecular formula is C60H37N3O2. The van der Waals surface area contributed by atoms with E-state index in [2.05, 4.69) is 188 Å². The standard InChI is InChI=1S/C60H37N3O2/c1-4-16-39(17-5-1)57-61-58(63-59(62-57)44-29-31-48-42(36-44)28-27-38-15-10-11-24-47(38)48)43-19-14-18-40(35-43)41-30-33-52-54(37-41)64-53-34-32-51-55(56(53)65-52)49-25-12-13-26-50(49)60(51,45-20-6-2-7-21-45)46-22-8-3-9-23-46/h1-37H. The van der Waals surface area contributed by atoms with Crippen molar-refractivity contribution in [1.29, 1.82) is 0 Å². The van der Waals surface area contributed by atoms with Crippen molar-refractivity contribution in [2.24, 2.45) is 0 Å². The fourth-order valence-corrected chi connectivity index (χ4v) is 10.1. The zero-order valence-corrected chi connectivity index (χ0v) is 35.0. The molecule has 1 aliphatic carbocycles. The summed E-state index contributed by atoms with van der Waals surface area (Å²) < 4.78 is 13.7. The van der Waals surface area contributed by atoms with Gasteiger partial charge in [0.25, 0.3) is 0 Å². The van der Waals surface area contributed by atoms with Gasteiger partial charge in [0.05, 0.1) is 5.41 Å². The highest BCUT2D eigenvalue weighted by molar-refractivity contribution is 6.08. The van der Waals surface area contributed by atoms with Crippen molar-refractivity contribution in [1.82, 2.24) is 15.0 Å². The number of ether oxygens (including phenoxy) is 2. The monoisotopic (exact) mass is 831 g/mol. The summed E-state index contributed by atoms with van der Waals surface area (Å²) in [5, 5.41) is 4.77. The van der Waals surface area contributed by atoms with Crippen LogP contribution in [0.15, 0.2) is 224 Å². The van der Waals surface area contributed by atoms with Gasteiger partial charge in [0, 0.05) is 22.3 Å². The molecule has 1 aliphatic heterocycles. The fourth-order valence-electron chi connectivity index (χ4n) is 10.1. The first kappa shape index (κ1) is 36.9. The number of rotatable bonds is 6. The topological polar surface area (TPSA) is 57.1 Å². The van der Waals surface area contributed by atoms with Crippen molar-refractivity contribution in [3.8, 4) is 79.4 Å². The van der Waals surface area contributed by atoms with Crippen LogP contribution < -0.4 is 9.47 Å². The average molecular weight is 832 g/mol. The molecule has 2 heterocycles. The Bertz CT molecular complexity index is 3620. The first-order chi connectivity index (χ1) is 32.2. The van der Waals surface area contributed by atoms with Crippen LogP contribution >= 0.6 is 0 Å². The van der Waals surface area contributed by atoms with Crippen molar-refractivity contribution < 1.29 is 9.47 Å². The van der Waals surface area contributed by atoms with E-state index >= 15 is 0 Å². The highest BCUT2D eigenvalue weighted by Gasteiger charge is 2.48. The summed E-state index contributed by atoms with van der Waals surface area (Å²) in [6.07, 6.45) is 0. The van der Waals surface area contributed by atoms with Gasteiger partial charge in [0.15, 0.2) is 40.5 Å². The lowest BCUT2D eigenvalue weighted by Gasteiger charge is -2.34. The minimum Gasteiger partial charge on any atom is -0.449 e. The number of nitrogens with zero attached hydrogens (tertiary/aromatic N) is 3. The van der Waals surface area contributed by atoms with Gasteiger partial charge < -0.3 is 9.47 Å². The van der Waals surface area contributed by atoms with Gasteiger partial charge in [-0.15, -0.1) is 0 Å². The van der Waals surface area contributed by atoms with E-state index in [4.69, 9.17) is 24.4 Å². The second-order valence-corrected chi connectivity index (χ2v) is 16.7. The largest absolute Gasteiger partial charge is 0.449 e. The Labute approximate surface area is 375 Å². The molecule has 0 saturated heterocycles. The first-order valence-corrected chi connectivity index (χ1v) is 21.9. The minimum atomic E-state index is -0.534. The smallest absolute Gasteiger partial charge is 0.178 e. The quantitative estimate of drug-likeness (QED) is 0.156. The number of hydrogen-bond donors (Lipinski definition) is 0. The maximum Gasteiger partial charge on any atom is 0.178 e. The van der Waals surface area contributed by atoms with E-state index in [1.165, 1.54) is 38.4 Å². The highest BCUT2D eigenvalue weighted by atomic mass is 16.6. The van der Waals surface area contributed by atoms with Gasteiger partial charge in [0.2, 0.25) is 0 Å². The molecule has 5 nitrogen and oxygen atoms in total. The van der Waals surface area contributed by atoms with Crippen LogP contribution in [0.25, 0.3) is 78.0 Å². The van der Waals surface area contributed by atoms with Gasteiger partial charge >= 0.3 is 0 Å². The Kier molecular flexibility index (Phi) is 8.36. The number of benzene rings is 10. The predicted octanol–water partition coefficient (Wildman–Crippen LogP) is 15.1. The molecule has 0 saturated carbocycles. The van der Waals surface area contributed by atoms with Crippen molar-refractivity contribution in [2.45, 2.75) is 5.41 Å². The van der Waals surface area contributed by atoms with Gasteiger partial charge in [-0.05, 0) is 90.8 Å². The van der Waals surface area contributed by atoms with Crippen LogP contribution in [0.3, 0.4) is 0 Å². The lowest BCUT2D eigenvalue weighted by Crippen LogP contribution is -2.28. The minimum absolute atomic E-state index is 0.534. The van der Waals surface area contributed by atoms with Crippen LogP contribution in [-0.2, 0) is 5.41 Å². The third kappa shape index (κ3) is 5.90. The first-order valence-electron chi connectivity index (χ1n) is 21.9. The van der Waals surface area contributed by atoms with Crippen LogP contribution in [0, 0.1) is 0 Å². The molecule has 11 aromatic rings. The molecule has 0 spiro atoms. The molecule has 0 radical (unpaired) electrons. The zero-order valence-electron chi connectivity index (χ0n) is 35.0. The lowest BCUT2D eigenvalue weighted by molar-refractivity contribution is 0.360.